The highest BCUT2D eigenvalue weighted by Crippen LogP contribution is 2.32. The number of alkyl halides is 3. The van der Waals surface area contributed by atoms with Gasteiger partial charge in [0.25, 0.3) is 0 Å². The fraction of sp³-hybridized carbons (Fsp3) is 0.0952. The third-order valence-electron chi connectivity index (χ3n) is 4.00. The van der Waals surface area contributed by atoms with Crippen molar-refractivity contribution < 1.29 is 13.2 Å². The van der Waals surface area contributed by atoms with Gasteiger partial charge < -0.3 is 4.57 Å². The molecule has 0 bridgehead atoms. The van der Waals surface area contributed by atoms with Gasteiger partial charge in [-0.05, 0) is 23.3 Å². The third-order valence-corrected chi connectivity index (χ3v) is 4.00. The second-order valence-electron chi connectivity index (χ2n) is 5.84. The molecule has 0 radical (unpaired) electrons. The summed E-state index contributed by atoms with van der Waals surface area (Å²) in [5.41, 5.74) is 0.511. The van der Waals surface area contributed by atoms with Gasteiger partial charge in [-0.1, -0.05) is 48.5 Å². The van der Waals surface area contributed by atoms with E-state index in [1.807, 2.05) is 18.2 Å². The van der Waals surface area contributed by atoms with Crippen molar-refractivity contribution in [3.8, 4) is 22.3 Å². The SMILES string of the molecule is C=CCn1cc(-c2ccccc2)c(=O)c(-c2cccc(C(F)(F)F)c2)c1. The van der Waals surface area contributed by atoms with Gasteiger partial charge in [-0.2, -0.15) is 13.2 Å². The maximum atomic E-state index is 13.0. The number of nitrogens with zero attached hydrogens (tertiary/aromatic N) is 1. The molecule has 0 saturated carbocycles. The van der Waals surface area contributed by atoms with E-state index >= 15 is 0 Å². The van der Waals surface area contributed by atoms with E-state index in [2.05, 4.69) is 6.58 Å². The quantitative estimate of drug-likeness (QED) is 0.575. The molecule has 0 aliphatic heterocycles. The molecule has 0 aliphatic rings. The molecule has 0 unspecified atom stereocenters. The van der Waals surface area contributed by atoms with E-state index in [-0.39, 0.29) is 16.6 Å². The fourth-order valence-electron chi connectivity index (χ4n) is 2.78. The van der Waals surface area contributed by atoms with Gasteiger partial charge in [0.1, 0.15) is 0 Å². The summed E-state index contributed by atoms with van der Waals surface area (Å²) in [6.45, 7) is 4.12. The molecule has 0 amide bonds. The van der Waals surface area contributed by atoms with E-state index in [0.29, 0.717) is 17.7 Å². The van der Waals surface area contributed by atoms with Gasteiger partial charge in [-0.15, -0.1) is 6.58 Å². The average Bonchev–Trinajstić information content (AvgIpc) is 2.63. The summed E-state index contributed by atoms with van der Waals surface area (Å²) in [6.07, 6.45) is 0.449. The van der Waals surface area contributed by atoms with Crippen LogP contribution in [0.1, 0.15) is 5.56 Å². The Labute approximate surface area is 148 Å². The zero-order valence-electron chi connectivity index (χ0n) is 13.8. The smallest absolute Gasteiger partial charge is 0.349 e. The van der Waals surface area contributed by atoms with Gasteiger partial charge in [0.2, 0.25) is 0 Å². The normalized spacial score (nSPS) is 11.3. The van der Waals surface area contributed by atoms with E-state index in [0.717, 1.165) is 12.1 Å². The molecule has 5 heteroatoms. The van der Waals surface area contributed by atoms with E-state index in [4.69, 9.17) is 0 Å². The summed E-state index contributed by atoms with van der Waals surface area (Å²) in [6, 6.07) is 13.9. The lowest BCUT2D eigenvalue weighted by Gasteiger charge is -2.13. The molecule has 0 saturated heterocycles. The molecule has 1 aromatic heterocycles. The minimum atomic E-state index is -4.47. The van der Waals surface area contributed by atoms with Crippen molar-refractivity contribution in [1.82, 2.24) is 4.57 Å². The Morgan fingerprint density at radius 1 is 0.923 bits per heavy atom. The maximum Gasteiger partial charge on any atom is 0.416 e. The van der Waals surface area contributed by atoms with Gasteiger partial charge in [0.05, 0.1) is 5.56 Å². The average molecular weight is 355 g/mol. The number of halogens is 3. The van der Waals surface area contributed by atoms with Crippen LogP contribution in [0.3, 0.4) is 0 Å². The fourth-order valence-corrected chi connectivity index (χ4v) is 2.78. The van der Waals surface area contributed by atoms with E-state index in [1.165, 1.54) is 12.1 Å². The standard InChI is InChI=1S/C21H16F3NO/c1-2-11-25-13-18(15-7-4-3-5-8-15)20(26)19(14-25)16-9-6-10-17(12-16)21(22,23)24/h2-10,12-14H,1,11H2. The predicted octanol–water partition coefficient (Wildman–Crippen LogP) is 5.39. The highest BCUT2D eigenvalue weighted by Gasteiger charge is 2.30. The van der Waals surface area contributed by atoms with Crippen LogP contribution in [0.4, 0.5) is 13.2 Å². The Morgan fingerprint density at radius 3 is 2.15 bits per heavy atom. The van der Waals surface area contributed by atoms with Crippen LogP contribution in [0.25, 0.3) is 22.3 Å². The lowest BCUT2D eigenvalue weighted by molar-refractivity contribution is -0.137. The first kappa shape index (κ1) is 17.7. The van der Waals surface area contributed by atoms with Crippen LogP contribution in [-0.2, 0) is 12.7 Å². The molecule has 3 rings (SSSR count). The summed E-state index contributed by atoms with van der Waals surface area (Å²) in [4.78, 5) is 13.0. The molecule has 3 aromatic rings. The van der Waals surface area contributed by atoms with Crippen LogP contribution >= 0.6 is 0 Å². The zero-order chi connectivity index (χ0) is 18.7. The van der Waals surface area contributed by atoms with Crippen molar-refractivity contribution in [2.45, 2.75) is 12.7 Å². The molecule has 0 aliphatic carbocycles. The Hall–Kier alpha value is -3.08. The van der Waals surface area contributed by atoms with E-state index < -0.39 is 11.7 Å². The summed E-state index contributed by atoms with van der Waals surface area (Å²) in [5, 5.41) is 0. The first-order valence-electron chi connectivity index (χ1n) is 7.98. The maximum absolute atomic E-state index is 13.0. The van der Waals surface area contributed by atoms with Crippen LogP contribution in [-0.4, -0.2) is 4.57 Å². The monoisotopic (exact) mass is 355 g/mol. The van der Waals surface area contributed by atoms with Gasteiger partial charge in [-0.3, -0.25) is 4.79 Å². The molecular weight excluding hydrogens is 339 g/mol. The van der Waals surface area contributed by atoms with Crippen molar-refractivity contribution in [3.05, 3.63) is 95.4 Å². The predicted molar refractivity (Wildman–Crippen MR) is 96.8 cm³/mol. The van der Waals surface area contributed by atoms with Crippen molar-refractivity contribution in [2.75, 3.05) is 0 Å². The molecule has 0 spiro atoms. The summed E-state index contributed by atoms with van der Waals surface area (Å²) < 4.78 is 40.8. The molecule has 0 N–H and O–H groups in total. The number of hydrogen-bond acceptors (Lipinski definition) is 1. The summed E-state index contributed by atoms with van der Waals surface area (Å²) >= 11 is 0. The second-order valence-corrected chi connectivity index (χ2v) is 5.84. The second kappa shape index (κ2) is 7.04. The molecule has 26 heavy (non-hydrogen) atoms. The Kier molecular flexibility index (Phi) is 4.80. The van der Waals surface area contributed by atoms with Crippen LogP contribution < -0.4 is 5.43 Å². The van der Waals surface area contributed by atoms with Gasteiger partial charge in [-0.25, -0.2) is 0 Å². The molecular formula is C21H16F3NO. The van der Waals surface area contributed by atoms with Crippen LogP contribution in [0.5, 0.6) is 0 Å². The number of rotatable bonds is 4. The molecule has 2 nitrogen and oxygen atoms in total. The first-order chi connectivity index (χ1) is 12.4. The van der Waals surface area contributed by atoms with Crippen LogP contribution in [0, 0.1) is 0 Å². The minimum absolute atomic E-state index is 0.222. The summed E-state index contributed by atoms with van der Waals surface area (Å²) in [5.74, 6) is 0. The lowest BCUT2D eigenvalue weighted by Crippen LogP contribution is -2.13. The molecule has 0 fully saturated rings. The molecule has 132 valence electrons. The Balaban J connectivity index is 2.23. The topological polar surface area (TPSA) is 22.0 Å². The van der Waals surface area contributed by atoms with Crippen molar-refractivity contribution in [1.29, 1.82) is 0 Å². The highest BCUT2D eigenvalue weighted by molar-refractivity contribution is 5.72. The Morgan fingerprint density at radius 2 is 1.54 bits per heavy atom. The zero-order valence-corrected chi connectivity index (χ0v) is 13.8. The van der Waals surface area contributed by atoms with E-state index in [9.17, 15) is 18.0 Å². The lowest BCUT2D eigenvalue weighted by atomic mass is 9.99. The Bertz CT molecular complexity index is 988. The third kappa shape index (κ3) is 3.61. The number of hydrogen-bond donors (Lipinski definition) is 0. The number of pyridine rings is 1. The van der Waals surface area contributed by atoms with Crippen molar-refractivity contribution in [2.24, 2.45) is 0 Å². The molecule has 2 aromatic carbocycles. The van der Waals surface area contributed by atoms with Crippen LogP contribution in [0.15, 0.2) is 84.4 Å². The minimum Gasteiger partial charge on any atom is -0.349 e. The van der Waals surface area contributed by atoms with Crippen LogP contribution in [0.2, 0.25) is 0 Å². The molecule has 0 atom stereocenters. The first-order valence-corrected chi connectivity index (χ1v) is 7.98. The van der Waals surface area contributed by atoms with E-state index in [1.54, 1.807) is 35.2 Å². The highest BCUT2D eigenvalue weighted by atomic mass is 19.4. The molecule has 1 heterocycles. The summed E-state index contributed by atoms with van der Waals surface area (Å²) in [7, 11) is 0. The van der Waals surface area contributed by atoms with Gasteiger partial charge >= 0.3 is 6.18 Å². The largest absolute Gasteiger partial charge is 0.416 e. The van der Waals surface area contributed by atoms with Gasteiger partial charge in [0.15, 0.2) is 5.43 Å². The van der Waals surface area contributed by atoms with Crippen molar-refractivity contribution >= 4 is 0 Å². The number of benzene rings is 2. The van der Waals surface area contributed by atoms with Crippen molar-refractivity contribution in [3.63, 3.8) is 0 Å². The number of allylic oxidation sites excluding steroid dienone is 1. The van der Waals surface area contributed by atoms with Gasteiger partial charge in [0, 0.05) is 30.1 Å². The number of aromatic nitrogens is 1.